The minimum absolute atomic E-state index is 0.448. The van der Waals surface area contributed by atoms with Crippen LogP contribution in [0.1, 0.15) is 50.3 Å². The van der Waals surface area contributed by atoms with E-state index in [0.717, 1.165) is 45.5 Å². The number of aryl methyl sites for hydroxylation is 1. The Bertz CT molecular complexity index is 455. The Morgan fingerprint density at radius 1 is 1.40 bits per heavy atom. The van der Waals surface area contributed by atoms with Gasteiger partial charge in [0.1, 0.15) is 5.82 Å². The number of aromatic nitrogens is 2. The summed E-state index contributed by atoms with van der Waals surface area (Å²) in [6.07, 6.45) is 6.17. The van der Waals surface area contributed by atoms with Gasteiger partial charge in [-0.2, -0.15) is 0 Å². The smallest absolute Gasteiger partial charge is 0.109 e. The lowest BCUT2D eigenvalue weighted by Crippen LogP contribution is -2.27. The Morgan fingerprint density at radius 3 is 3.10 bits per heavy atom. The Labute approximate surface area is 121 Å². The third-order valence-electron chi connectivity index (χ3n) is 4.70. The van der Waals surface area contributed by atoms with Crippen LogP contribution in [-0.4, -0.2) is 28.8 Å². The van der Waals surface area contributed by atoms with Gasteiger partial charge in [0.05, 0.1) is 11.8 Å². The van der Waals surface area contributed by atoms with E-state index in [-0.39, 0.29) is 0 Å². The molecule has 0 aliphatic carbocycles. The molecule has 2 aliphatic heterocycles. The third kappa shape index (κ3) is 2.63. The van der Waals surface area contributed by atoms with Crippen molar-refractivity contribution in [2.75, 3.05) is 13.2 Å². The van der Waals surface area contributed by atoms with E-state index >= 15 is 0 Å². The van der Waals surface area contributed by atoms with Gasteiger partial charge in [-0.3, -0.25) is 0 Å². The Morgan fingerprint density at radius 2 is 2.30 bits per heavy atom. The number of hydrogen-bond donors (Lipinski definition) is 1. The molecule has 3 heterocycles. The van der Waals surface area contributed by atoms with E-state index in [2.05, 4.69) is 23.7 Å². The third-order valence-corrected chi connectivity index (χ3v) is 4.70. The van der Waals surface area contributed by atoms with E-state index in [1.165, 1.54) is 30.1 Å². The minimum Gasteiger partial charge on any atom is -0.378 e. The molecule has 4 heteroatoms. The van der Waals surface area contributed by atoms with Gasteiger partial charge in [-0.05, 0) is 19.3 Å². The SMILES string of the molecule is CCCc1nc2c(n1CC1CCOC1CC)CCNC2. The average Bonchev–Trinajstić information content (AvgIpc) is 3.05. The first kappa shape index (κ1) is 14.1. The highest BCUT2D eigenvalue weighted by atomic mass is 16.5. The van der Waals surface area contributed by atoms with E-state index in [4.69, 9.17) is 9.72 Å². The van der Waals surface area contributed by atoms with Crippen LogP contribution in [0, 0.1) is 5.92 Å². The second-order valence-corrected chi connectivity index (χ2v) is 6.08. The van der Waals surface area contributed by atoms with Gasteiger partial charge in [0.2, 0.25) is 0 Å². The standard InChI is InChI=1S/C16H27N3O/c1-3-5-16-18-13-10-17-8-6-14(13)19(16)11-12-7-9-20-15(12)4-2/h12,15,17H,3-11H2,1-2H3. The van der Waals surface area contributed by atoms with Gasteiger partial charge in [-0.15, -0.1) is 0 Å². The lowest BCUT2D eigenvalue weighted by atomic mass is 9.99. The van der Waals surface area contributed by atoms with Crippen LogP contribution in [0.3, 0.4) is 0 Å². The number of imidazole rings is 1. The van der Waals surface area contributed by atoms with Crippen molar-refractivity contribution in [2.24, 2.45) is 5.92 Å². The van der Waals surface area contributed by atoms with Crippen LogP contribution in [0.5, 0.6) is 0 Å². The highest BCUT2D eigenvalue weighted by molar-refractivity contribution is 5.20. The fraction of sp³-hybridized carbons (Fsp3) is 0.812. The first-order chi connectivity index (χ1) is 9.83. The molecule has 1 saturated heterocycles. The largest absolute Gasteiger partial charge is 0.378 e. The molecule has 2 atom stereocenters. The van der Waals surface area contributed by atoms with Gasteiger partial charge in [0.25, 0.3) is 0 Å². The molecule has 0 saturated carbocycles. The summed E-state index contributed by atoms with van der Waals surface area (Å²) in [6, 6.07) is 0. The first-order valence-electron chi connectivity index (χ1n) is 8.23. The van der Waals surface area contributed by atoms with Crippen molar-refractivity contribution in [3.63, 3.8) is 0 Å². The summed E-state index contributed by atoms with van der Waals surface area (Å²) in [6.45, 7) is 8.55. The summed E-state index contributed by atoms with van der Waals surface area (Å²) in [7, 11) is 0. The summed E-state index contributed by atoms with van der Waals surface area (Å²) in [5, 5.41) is 3.44. The van der Waals surface area contributed by atoms with Crippen molar-refractivity contribution < 1.29 is 4.74 Å². The van der Waals surface area contributed by atoms with Crippen LogP contribution in [0.2, 0.25) is 0 Å². The van der Waals surface area contributed by atoms with Crippen LogP contribution < -0.4 is 5.32 Å². The highest BCUT2D eigenvalue weighted by Gasteiger charge is 2.29. The molecular formula is C16H27N3O. The van der Waals surface area contributed by atoms with E-state index < -0.39 is 0 Å². The van der Waals surface area contributed by atoms with Crippen LogP contribution >= 0.6 is 0 Å². The van der Waals surface area contributed by atoms with Crippen LogP contribution in [0.4, 0.5) is 0 Å². The predicted molar refractivity (Wildman–Crippen MR) is 79.8 cm³/mol. The van der Waals surface area contributed by atoms with Gasteiger partial charge < -0.3 is 14.6 Å². The topological polar surface area (TPSA) is 39.1 Å². The molecule has 0 bridgehead atoms. The Hall–Kier alpha value is -0.870. The molecule has 0 radical (unpaired) electrons. The number of nitrogens with zero attached hydrogens (tertiary/aromatic N) is 2. The zero-order valence-corrected chi connectivity index (χ0v) is 12.8. The van der Waals surface area contributed by atoms with Gasteiger partial charge in [-0.25, -0.2) is 4.98 Å². The van der Waals surface area contributed by atoms with Crippen molar-refractivity contribution in [3.05, 3.63) is 17.2 Å². The number of hydrogen-bond acceptors (Lipinski definition) is 3. The van der Waals surface area contributed by atoms with Crippen LogP contribution in [0.25, 0.3) is 0 Å². The fourth-order valence-corrected chi connectivity index (χ4v) is 3.64. The van der Waals surface area contributed by atoms with Crippen molar-refractivity contribution >= 4 is 0 Å². The first-order valence-corrected chi connectivity index (χ1v) is 8.23. The fourth-order valence-electron chi connectivity index (χ4n) is 3.64. The Balaban J connectivity index is 1.84. The zero-order valence-electron chi connectivity index (χ0n) is 12.8. The molecule has 0 spiro atoms. The van der Waals surface area contributed by atoms with Crippen molar-refractivity contribution in [1.29, 1.82) is 0 Å². The van der Waals surface area contributed by atoms with Crippen LogP contribution in [-0.2, 0) is 30.7 Å². The molecule has 20 heavy (non-hydrogen) atoms. The molecule has 1 fully saturated rings. The molecule has 1 aromatic rings. The van der Waals surface area contributed by atoms with Gasteiger partial charge in [-0.1, -0.05) is 13.8 Å². The number of rotatable bonds is 5. The minimum atomic E-state index is 0.448. The van der Waals surface area contributed by atoms with Crippen LogP contribution in [0.15, 0.2) is 0 Å². The van der Waals surface area contributed by atoms with Gasteiger partial charge >= 0.3 is 0 Å². The molecule has 1 N–H and O–H groups in total. The molecule has 0 amide bonds. The quantitative estimate of drug-likeness (QED) is 0.897. The Kier molecular flexibility index (Phi) is 4.41. The highest BCUT2D eigenvalue weighted by Crippen LogP contribution is 2.27. The zero-order chi connectivity index (χ0) is 13.9. The molecule has 2 aliphatic rings. The second kappa shape index (κ2) is 6.27. The van der Waals surface area contributed by atoms with Gasteiger partial charge in [0.15, 0.2) is 0 Å². The van der Waals surface area contributed by atoms with E-state index in [0.29, 0.717) is 12.0 Å². The summed E-state index contributed by atoms with van der Waals surface area (Å²) < 4.78 is 8.39. The molecule has 112 valence electrons. The molecule has 4 nitrogen and oxygen atoms in total. The second-order valence-electron chi connectivity index (χ2n) is 6.08. The molecule has 0 aromatic carbocycles. The monoisotopic (exact) mass is 277 g/mol. The maximum absolute atomic E-state index is 5.86. The number of ether oxygens (including phenoxy) is 1. The summed E-state index contributed by atoms with van der Waals surface area (Å²) >= 11 is 0. The normalized spacial score (nSPS) is 25.9. The summed E-state index contributed by atoms with van der Waals surface area (Å²) in [4.78, 5) is 4.89. The predicted octanol–water partition coefficient (Wildman–Crippen LogP) is 2.30. The molecule has 3 rings (SSSR count). The molecule has 1 aromatic heterocycles. The maximum Gasteiger partial charge on any atom is 0.109 e. The van der Waals surface area contributed by atoms with E-state index in [1.807, 2.05) is 0 Å². The van der Waals surface area contributed by atoms with E-state index in [1.54, 1.807) is 0 Å². The number of nitrogens with one attached hydrogen (secondary N) is 1. The van der Waals surface area contributed by atoms with Crippen molar-refractivity contribution in [3.8, 4) is 0 Å². The lowest BCUT2D eigenvalue weighted by Gasteiger charge is -2.22. The van der Waals surface area contributed by atoms with Gasteiger partial charge in [0, 0.05) is 50.7 Å². The summed E-state index contributed by atoms with van der Waals surface area (Å²) in [5.74, 6) is 1.96. The maximum atomic E-state index is 5.86. The van der Waals surface area contributed by atoms with Crippen molar-refractivity contribution in [1.82, 2.24) is 14.9 Å². The summed E-state index contributed by atoms with van der Waals surface area (Å²) in [5.41, 5.74) is 2.76. The molecule has 2 unspecified atom stereocenters. The van der Waals surface area contributed by atoms with E-state index in [9.17, 15) is 0 Å². The lowest BCUT2D eigenvalue weighted by molar-refractivity contribution is 0.0830. The number of fused-ring (bicyclic) bond motifs is 1. The van der Waals surface area contributed by atoms with Crippen molar-refractivity contribution in [2.45, 2.75) is 65.1 Å². The molecular weight excluding hydrogens is 250 g/mol. The average molecular weight is 277 g/mol.